The van der Waals surface area contributed by atoms with E-state index in [2.05, 4.69) is 6.07 Å². The average Bonchev–Trinajstić information content (AvgIpc) is 2.42. The second kappa shape index (κ2) is 4.67. The van der Waals surface area contributed by atoms with Crippen molar-refractivity contribution in [3.8, 4) is 5.75 Å². The Morgan fingerprint density at radius 2 is 2.27 bits per heavy atom. The highest BCUT2D eigenvalue weighted by atomic mass is 16.5. The molecule has 82 valence electrons. The molecule has 2 nitrogen and oxygen atoms in total. The second-order valence-electron chi connectivity index (χ2n) is 4.06. The van der Waals surface area contributed by atoms with Gasteiger partial charge in [0.15, 0.2) is 0 Å². The van der Waals surface area contributed by atoms with Gasteiger partial charge in [0.1, 0.15) is 5.75 Å². The van der Waals surface area contributed by atoms with Crippen LogP contribution in [0.5, 0.6) is 5.75 Å². The lowest BCUT2D eigenvalue weighted by atomic mass is 10.0. The molecule has 0 bridgehead atoms. The van der Waals surface area contributed by atoms with Crippen molar-refractivity contribution in [3.63, 3.8) is 0 Å². The third-order valence-electron chi connectivity index (χ3n) is 2.96. The molecule has 2 rings (SSSR count). The highest BCUT2D eigenvalue weighted by Gasteiger charge is 2.16. The van der Waals surface area contributed by atoms with Gasteiger partial charge < -0.3 is 9.84 Å². The van der Waals surface area contributed by atoms with Crippen molar-refractivity contribution < 1.29 is 9.84 Å². The zero-order chi connectivity index (χ0) is 10.7. The minimum atomic E-state index is -0.303. The molecule has 0 aromatic heterocycles. The molecule has 1 aromatic carbocycles. The maximum absolute atomic E-state index is 9.98. The molecule has 0 saturated carbocycles. The number of benzene rings is 1. The molecular formula is C13H18O2. The van der Waals surface area contributed by atoms with Crippen LogP contribution in [0.2, 0.25) is 0 Å². The van der Waals surface area contributed by atoms with Crippen molar-refractivity contribution in [2.75, 3.05) is 6.61 Å². The van der Waals surface area contributed by atoms with Gasteiger partial charge in [-0.25, -0.2) is 0 Å². The van der Waals surface area contributed by atoms with Gasteiger partial charge >= 0.3 is 0 Å². The first-order valence-electron chi connectivity index (χ1n) is 5.75. The predicted molar refractivity (Wildman–Crippen MR) is 60.1 cm³/mol. The van der Waals surface area contributed by atoms with Gasteiger partial charge in [0, 0.05) is 0 Å². The van der Waals surface area contributed by atoms with Gasteiger partial charge in [-0.05, 0) is 49.4 Å². The van der Waals surface area contributed by atoms with Crippen LogP contribution < -0.4 is 4.74 Å². The Bertz CT molecular complexity index is 333. The summed E-state index contributed by atoms with van der Waals surface area (Å²) in [5.41, 5.74) is 2.35. The summed E-state index contributed by atoms with van der Waals surface area (Å²) in [6, 6.07) is 6.09. The molecule has 15 heavy (non-hydrogen) atoms. The second-order valence-corrected chi connectivity index (χ2v) is 4.06. The van der Waals surface area contributed by atoms with E-state index in [0.29, 0.717) is 6.61 Å². The van der Waals surface area contributed by atoms with Crippen LogP contribution in [0.25, 0.3) is 0 Å². The molecule has 0 heterocycles. The van der Waals surface area contributed by atoms with Gasteiger partial charge in [-0.2, -0.15) is 0 Å². The number of aryl methyl sites for hydroxylation is 1. The van der Waals surface area contributed by atoms with Crippen molar-refractivity contribution in [1.29, 1.82) is 0 Å². The van der Waals surface area contributed by atoms with Gasteiger partial charge in [0.05, 0.1) is 12.7 Å². The van der Waals surface area contributed by atoms with E-state index in [9.17, 15) is 5.11 Å². The standard InChI is InChI=1S/C13H18O2/c1-2-15-11-8-7-10-5-3-4-6-13(14)12(10)9-11/h7-9,13-14H,2-6H2,1H3/t13-/m1/s1. The zero-order valence-corrected chi connectivity index (χ0v) is 9.20. The van der Waals surface area contributed by atoms with Crippen LogP contribution in [0.15, 0.2) is 18.2 Å². The van der Waals surface area contributed by atoms with E-state index in [1.807, 2.05) is 19.1 Å². The maximum Gasteiger partial charge on any atom is 0.119 e. The Kier molecular flexibility index (Phi) is 3.27. The summed E-state index contributed by atoms with van der Waals surface area (Å²) >= 11 is 0. The van der Waals surface area contributed by atoms with E-state index >= 15 is 0 Å². The van der Waals surface area contributed by atoms with E-state index in [1.54, 1.807) is 0 Å². The summed E-state index contributed by atoms with van der Waals surface area (Å²) in [6.45, 7) is 2.65. The van der Waals surface area contributed by atoms with Crippen molar-refractivity contribution in [3.05, 3.63) is 29.3 Å². The Morgan fingerprint density at radius 3 is 3.07 bits per heavy atom. The molecule has 0 unspecified atom stereocenters. The van der Waals surface area contributed by atoms with Crippen LogP contribution in [0.4, 0.5) is 0 Å². The van der Waals surface area contributed by atoms with Crippen LogP contribution in [0, 0.1) is 0 Å². The van der Waals surface area contributed by atoms with Crippen molar-refractivity contribution in [1.82, 2.24) is 0 Å². The van der Waals surface area contributed by atoms with Crippen LogP contribution >= 0.6 is 0 Å². The number of ether oxygens (including phenoxy) is 1. The molecule has 1 aromatic rings. The average molecular weight is 206 g/mol. The topological polar surface area (TPSA) is 29.5 Å². The lowest BCUT2D eigenvalue weighted by molar-refractivity contribution is 0.166. The van der Waals surface area contributed by atoms with Crippen molar-refractivity contribution in [2.45, 2.75) is 38.7 Å². The largest absolute Gasteiger partial charge is 0.494 e. The Labute approximate surface area is 90.9 Å². The number of hydrogen-bond acceptors (Lipinski definition) is 2. The van der Waals surface area contributed by atoms with Crippen LogP contribution in [0.1, 0.15) is 43.4 Å². The minimum Gasteiger partial charge on any atom is -0.494 e. The first-order valence-corrected chi connectivity index (χ1v) is 5.75. The van der Waals surface area contributed by atoms with Crippen LogP contribution in [0.3, 0.4) is 0 Å². The Balaban J connectivity index is 2.31. The summed E-state index contributed by atoms with van der Waals surface area (Å²) < 4.78 is 5.45. The number of rotatable bonds is 2. The van der Waals surface area contributed by atoms with Gasteiger partial charge in [-0.3, -0.25) is 0 Å². The lowest BCUT2D eigenvalue weighted by Gasteiger charge is -2.13. The molecule has 1 N–H and O–H groups in total. The van der Waals surface area contributed by atoms with Gasteiger partial charge in [-0.15, -0.1) is 0 Å². The molecule has 0 saturated heterocycles. The summed E-state index contributed by atoms with van der Waals surface area (Å²) in [6.07, 6.45) is 3.95. The molecule has 0 amide bonds. The van der Waals surface area contributed by atoms with Gasteiger partial charge in [0.2, 0.25) is 0 Å². The number of fused-ring (bicyclic) bond motifs is 1. The van der Waals surface area contributed by atoms with Crippen LogP contribution in [-0.4, -0.2) is 11.7 Å². The molecule has 0 fully saturated rings. The lowest BCUT2D eigenvalue weighted by Crippen LogP contribution is -2.00. The fraction of sp³-hybridized carbons (Fsp3) is 0.538. The molecule has 1 aliphatic carbocycles. The molecule has 0 radical (unpaired) electrons. The third-order valence-corrected chi connectivity index (χ3v) is 2.96. The number of hydrogen-bond donors (Lipinski definition) is 1. The normalized spacial score (nSPS) is 20.5. The highest BCUT2D eigenvalue weighted by Crippen LogP contribution is 2.31. The van der Waals surface area contributed by atoms with Crippen LogP contribution in [-0.2, 0) is 6.42 Å². The molecule has 2 heteroatoms. The summed E-state index contributed by atoms with van der Waals surface area (Å²) in [5, 5.41) is 9.98. The van der Waals surface area contributed by atoms with E-state index in [-0.39, 0.29) is 6.10 Å². The molecular weight excluding hydrogens is 188 g/mol. The molecule has 0 aliphatic heterocycles. The first kappa shape index (κ1) is 10.5. The zero-order valence-electron chi connectivity index (χ0n) is 9.20. The minimum absolute atomic E-state index is 0.303. The summed E-state index contributed by atoms with van der Waals surface area (Å²) in [5.74, 6) is 0.872. The first-order chi connectivity index (χ1) is 7.31. The van der Waals surface area contributed by atoms with Crippen molar-refractivity contribution in [2.24, 2.45) is 0 Å². The van der Waals surface area contributed by atoms with Gasteiger partial charge in [-0.1, -0.05) is 12.5 Å². The highest BCUT2D eigenvalue weighted by molar-refractivity contribution is 5.37. The molecule has 1 aliphatic rings. The Hall–Kier alpha value is -1.02. The third kappa shape index (κ3) is 2.32. The summed E-state index contributed by atoms with van der Waals surface area (Å²) in [7, 11) is 0. The van der Waals surface area contributed by atoms with E-state index in [0.717, 1.165) is 30.6 Å². The smallest absolute Gasteiger partial charge is 0.119 e. The fourth-order valence-electron chi connectivity index (χ4n) is 2.18. The van der Waals surface area contributed by atoms with Crippen molar-refractivity contribution >= 4 is 0 Å². The number of aliphatic hydroxyl groups excluding tert-OH is 1. The molecule has 1 atom stereocenters. The quantitative estimate of drug-likeness (QED) is 0.754. The molecule has 0 spiro atoms. The maximum atomic E-state index is 9.98. The predicted octanol–water partition coefficient (Wildman–Crippen LogP) is 2.85. The monoisotopic (exact) mass is 206 g/mol. The Morgan fingerprint density at radius 1 is 1.40 bits per heavy atom. The van der Waals surface area contributed by atoms with E-state index < -0.39 is 0 Å². The SMILES string of the molecule is CCOc1ccc2c(c1)[C@H](O)CCCC2. The van der Waals surface area contributed by atoms with Gasteiger partial charge in [0.25, 0.3) is 0 Å². The number of aliphatic hydroxyl groups is 1. The van der Waals surface area contributed by atoms with E-state index in [1.165, 1.54) is 12.0 Å². The summed E-state index contributed by atoms with van der Waals surface area (Å²) in [4.78, 5) is 0. The fourth-order valence-corrected chi connectivity index (χ4v) is 2.18. The van der Waals surface area contributed by atoms with E-state index in [4.69, 9.17) is 4.74 Å².